The van der Waals surface area contributed by atoms with Gasteiger partial charge in [0.2, 0.25) is 0 Å². The van der Waals surface area contributed by atoms with Crippen LogP contribution in [-0.2, 0) is 14.3 Å². The van der Waals surface area contributed by atoms with Crippen molar-refractivity contribution >= 4 is 11.9 Å². The number of hydrogen-bond donors (Lipinski definition) is 1. The van der Waals surface area contributed by atoms with E-state index in [2.05, 4.69) is 30.6 Å². The Morgan fingerprint density at radius 2 is 1.52 bits per heavy atom. The predicted molar refractivity (Wildman–Crippen MR) is 124 cm³/mol. The average Bonchev–Trinajstić information content (AvgIpc) is 2.77. The Morgan fingerprint density at radius 1 is 0.903 bits per heavy atom. The lowest BCUT2D eigenvalue weighted by Crippen LogP contribution is -2.40. The molecule has 0 radical (unpaired) electrons. The van der Waals surface area contributed by atoms with Gasteiger partial charge in [-0.15, -0.1) is 0 Å². The molecule has 4 nitrogen and oxygen atoms in total. The Hall–Kier alpha value is -2.72. The van der Waals surface area contributed by atoms with Crippen molar-refractivity contribution in [1.82, 2.24) is 0 Å². The molecule has 31 heavy (non-hydrogen) atoms. The molecule has 1 unspecified atom stereocenters. The zero-order chi connectivity index (χ0) is 23.0. The number of hydrogen-bond acceptors (Lipinski definition) is 3. The Bertz CT molecular complexity index is 819. The molecular formula is C27H36O4. The second-order valence-electron chi connectivity index (χ2n) is 7.69. The molecule has 0 spiro atoms. The molecule has 0 aliphatic carbocycles. The number of benzene rings is 1. The molecule has 1 atom stereocenters. The Morgan fingerprint density at radius 3 is 2.06 bits per heavy atom. The van der Waals surface area contributed by atoms with Gasteiger partial charge in [0.15, 0.2) is 5.41 Å². The first-order valence-corrected chi connectivity index (χ1v) is 11.5. The summed E-state index contributed by atoms with van der Waals surface area (Å²) in [7, 11) is 0. The van der Waals surface area contributed by atoms with E-state index in [9.17, 15) is 14.7 Å². The zero-order valence-electron chi connectivity index (χ0n) is 19.3. The quantitative estimate of drug-likeness (QED) is 0.194. The van der Waals surface area contributed by atoms with Gasteiger partial charge in [0.1, 0.15) is 0 Å². The van der Waals surface area contributed by atoms with E-state index in [4.69, 9.17) is 4.74 Å². The number of carbonyl (C=O) groups excluding carboxylic acids is 1. The van der Waals surface area contributed by atoms with Crippen molar-refractivity contribution in [3.05, 3.63) is 35.4 Å². The lowest BCUT2D eigenvalue weighted by atomic mass is 9.80. The number of carboxylic acid groups (broad SMARTS) is 1. The molecule has 168 valence electrons. The molecule has 0 amide bonds. The van der Waals surface area contributed by atoms with Crippen LogP contribution in [0, 0.1) is 29.1 Å². The van der Waals surface area contributed by atoms with Gasteiger partial charge in [-0.3, -0.25) is 9.59 Å². The van der Waals surface area contributed by atoms with Gasteiger partial charge < -0.3 is 9.84 Å². The van der Waals surface area contributed by atoms with E-state index in [-0.39, 0.29) is 19.4 Å². The molecule has 0 bridgehead atoms. The van der Waals surface area contributed by atoms with E-state index in [0.717, 1.165) is 36.8 Å². The van der Waals surface area contributed by atoms with Gasteiger partial charge in [0.05, 0.1) is 6.61 Å². The van der Waals surface area contributed by atoms with Gasteiger partial charge in [-0.05, 0) is 37.8 Å². The maximum Gasteiger partial charge on any atom is 0.323 e. The summed E-state index contributed by atoms with van der Waals surface area (Å²) in [5.74, 6) is 10.8. The molecule has 0 aliphatic heterocycles. The SMILES string of the molecule is CCCCCCC#Cc1ccccc1C#CCCC(CC)(C(=O)O)C(=O)OCCCC. The standard InChI is InChI=1S/C27H36O4/c1-4-7-9-10-11-12-17-23-18-13-14-19-24(23)20-15-16-21-27(6-3,25(28)29)26(30)31-22-8-5-2/h13-14,18-19H,4-11,16,21-22H2,1-3H3,(H,28,29). The second-order valence-corrected chi connectivity index (χ2v) is 7.69. The van der Waals surface area contributed by atoms with Crippen molar-refractivity contribution in [3.8, 4) is 23.7 Å². The number of unbranched alkanes of at least 4 members (excludes halogenated alkanes) is 5. The molecule has 0 fully saturated rings. The number of esters is 1. The normalized spacial score (nSPS) is 12.0. The van der Waals surface area contributed by atoms with E-state index < -0.39 is 17.4 Å². The highest BCUT2D eigenvalue weighted by atomic mass is 16.5. The Kier molecular flexibility index (Phi) is 12.8. The van der Waals surface area contributed by atoms with Crippen LogP contribution in [0.1, 0.15) is 96.1 Å². The van der Waals surface area contributed by atoms with Gasteiger partial charge in [0, 0.05) is 24.0 Å². The minimum atomic E-state index is -1.54. The summed E-state index contributed by atoms with van der Waals surface area (Å²) < 4.78 is 5.23. The summed E-state index contributed by atoms with van der Waals surface area (Å²) in [6.45, 7) is 6.13. The molecule has 4 heteroatoms. The topological polar surface area (TPSA) is 63.6 Å². The fourth-order valence-electron chi connectivity index (χ4n) is 3.15. The van der Waals surface area contributed by atoms with Crippen LogP contribution < -0.4 is 0 Å². The fraction of sp³-hybridized carbons (Fsp3) is 0.556. The third-order valence-electron chi connectivity index (χ3n) is 5.34. The van der Waals surface area contributed by atoms with Crippen LogP contribution >= 0.6 is 0 Å². The van der Waals surface area contributed by atoms with Crippen LogP contribution in [0.3, 0.4) is 0 Å². The van der Waals surface area contributed by atoms with Gasteiger partial charge in [0.25, 0.3) is 0 Å². The lowest BCUT2D eigenvalue weighted by Gasteiger charge is -2.25. The van der Waals surface area contributed by atoms with E-state index in [1.807, 2.05) is 31.2 Å². The van der Waals surface area contributed by atoms with E-state index >= 15 is 0 Å². The molecule has 1 aromatic carbocycles. The summed E-state index contributed by atoms with van der Waals surface area (Å²) >= 11 is 0. The summed E-state index contributed by atoms with van der Waals surface area (Å²) in [5, 5.41) is 9.72. The van der Waals surface area contributed by atoms with Crippen LogP contribution in [0.25, 0.3) is 0 Å². The highest BCUT2D eigenvalue weighted by Gasteiger charge is 2.45. The minimum Gasteiger partial charge on any atom is -0.480 e. The third-order valence-corrected chi connectivity index (χ3v) is 5.34. The molecule has 0 saturated heterocycles. The fourth-order valence-corrected chi connectivity index (χ4v) is 3.15. The molecular weight excluding hydrogens is 388 g/mol. The zero-order valence-corrected chi connectivity index (χ0v) is 19.3. The van der Waals surface area contributed by atoms with Crippen LogP contribution in [-0.4, -0.2) is 23.7 Å². The monoisotopic (exact) mass is 424 g/mol. The largest absolute Gasteiger partial charge is 0.480 e. The molecule has 0 heterocycles. The minimum absolute atomic E-state index is 0.127. The summed E-state index contributed by atoms with van der Waals surface area (Å²) in [6.07, 6.45) is 7.84. The lowest BCUT2D eigenvalue weighted by molar-refractivity contribution is -0.169. The van der Waals surface area contributed by atoms with Crippen molar-refractivity contribution in [3.63, 3.8) is 0 Å². The van der Waals surface area contributed by atoms with Gasteiger partial charge in [-0.25, -0.2) is 0 Å². The van der Waals surface area contributed by atoms with Gasteiger partial charge in [-0.2, -0.15) is 0 Å². The van der Waals surface area contributed by atoms with Crippen molar-refractivity contribution in [2.75, 3.05) is 6.61 Å². The number of carbonyl (C=O) groups is 2. The molecule has 1 rings (SSSR count). The van der Waals surface area contributed by atoms with Crippen LogP contribution in [0.2, 0.25) is 0 Å². The van der Waals surface area contributed by atoms with Crippen LogP contribution in [0.15, 0.2) is 24.3 Å². The first-order valence-electron chi connectivity index (χ1n) is 11.5. The predicted octanol–water partition coefficient (Wildman–Crippen LogP) is 5.96. The summed E-state index contributed by atoms with van der Waals surface area (Å²) in [5.41, 5.74) is 0.163. The van der Waals surface area contributed by atoms with E-state index in [1.54, 1.807) is 6.92 Å². The number of ether oxygens (including phenoxy) is 1. The highest BCUT2D eigenvalue weighted by Crippen LogP contribution is 2.30. The first kappa shape index (κ1) is 26.3. The van der Waals surface area contributed by atoms with Crippen molar-refractivity contribution < 1.29 is 19.4 Å². The molecule has 0 saturated carbocycles. The summed E-state index contributed by atoms with van der Waals surface area (Å²) in [6, 6.07) is 7.71. The maximum absolute atomic E-state index is 12.5. The smallest absolute Gasteiger partial charge is 0.323 e. The second kappa shape index (κ2) is 15.1. The Labute approximate surface area is 187 Å². The third kappa shape index (κ3) is 8.89. The highest BCUT2D eigenvalue weighted by molar-refractivity contribution is 5.99. The van der Waals surface area contributed by atoms with Gasteiger partial charge >= 0.3 is 11.9 Å². The number of rotatable bonds is 12. The van der Waals surface area contributed by atoms with Gasteiger partial charge in [-0.1, -0.05) is 82.3 Å². The molecule has 0 aromatic heterocycles. The van der Waals surface area contributed by atoms with Crippen LogP contribution in [0.5, 0.6) is 0 Å². The number of carboxylic acids is 1. The maximum atomic E-state index is 12.5. The van der Waals surface area contributed by atoms with Crippen molar-refractivity contribution in [2.24, 2.45) is 5.41 Å². The van der Waals surface area contributed by atoms with Crippen LogP contribution in [0.4, 0.5) is 0 Å². The first-order chi connectivity index (χ1) is 15.0. The molecule has 1 N–H and O–H groups in total. The Balaban J connectivity index is 2.81. The van der Waals surface area contributed by atoms with Crippen molar-refractivity contribution in [1.29, 1.82) is 0 Å². The average molecular weight is 425 g/mol. The number of aliphatic carboxylic acids is 1. The van der Waals surface area contributed by atoms with E-state index in [0.29, 0.717) is 6.42 Å². The van der Waals surface area contributed by atoms with Crippen molar-refractivity contribution in [2.45, 2.75) is 85.0 Å². The molecule has 0 aliphatic rings. The summed E-state index contributed by atoms with van der Waals surface area (Å²) in [4.78, 5) is 24.4. The van der Waals surface area contributed by atoms with E-state index in [1.165, 1.54) is 19.3 Å². The molecule has 1 aromatic rings.